The van der Waals surface area contributed by atoms with E-state index in [1.807, 2.05) is 0 Å². The van der Waals surface area contributed by atoms with E-state index in [1.54, 1.807) is 0 Å². The molecule has 0 bridgehead atoms. The van der Waals surface area contributed by atoms with E-state index < -0.39 is 54.9 Å². The van der Waals surface area contributed by atoms with Gasteiger partial charge in [0.2, 0.25) is 0 Å². The fourth-order valence-electron chi connectivity index (χ4n) is 3.17. The maximum absolute atomic E-state index is 10.5. The van der Waals surface area contributed by atoms with E-state index in [-0.39, 0.29) is 12.4 Å². The molecule has 2 aliphatic heterocycles. The molecular weight excluding hydrogens is 312 g/mol. The predicted molar refractivity (Wildman–Crippen MR) is 72.1 cm³/mol. The molecule has 130 valence electrons. The lowest BCUT2D eigenvalue weighted by molar-refractivity contribution is -0.288. The van der Waals surface area contributed by atoms with E-state index in [1.165, 1.54) is 18.4 Å². The average molecular weight is 332 g/mol. The Labute approximate surface area is 131 Å². The lowest BCUT2D eigenvalue weighted by atomic mass is 9.77. The average Bonchev–Trinajstić information content (AvgIpc) is 3.17. The van der Waals surface area contributed by atoms with Crippen molar-refractivity contribution in [3.05, 3.63) is 24.2 Å². The van der Waals surface area contributed by atoms with Gasteiger partial charge >= 0.3 is 0 Å². The van der Waals surface area contributed by atoms with Gasteiger partial charge in [0.05, 0.1) is 26.1 Å². The Hall–Kier alpha value is -1.04. The summed E-state index contributed by atoms with van der Waals surface area (Å²) in [5.41, 5.74) is -3.78. The molecule has 2 saturated heterocycles. The monoisotopic (exact) mass is 332 g/mol. The van der Waals surface area contributed by atoms with Gasteiger partial charge in [0.15, 0.2) is 5.60 Å². The van der Waals surface area contributed by atoms with Crippen LogP contribution in [0, 0.1) is 0 Å². The number of hydrogen-bond donors (Lipinski definition) is 6. The summed E-state index contributed by atoms with van der Waals surface area (Å²) in [5, 5.41) is 60.1. The Balaban J connectivity index is 2.05. The van der Waals surface area contributed by atoms with E-state index in [0.717, 1.165) is 0 Å². The second kappa shape index (κ2) is 5.80. The standard InChI is InChI=1S/C14H20O9/c15-5-13(20)6-22-12(11(13)19)14(8-2-1-3-21-8)10(18)9(17)7(16)4-23-14/h1-3,7,9-12,15-20H,4-6H2/t7-,9+,10-,11+,12?,13?,14+/m1/s1. The molecule has 2 aliphatic rings. The zero-order valence-corrected chi connectivity index (χ0v) is 12.1. The highest BCUT2D eigenvalue weighted by atomic mass is 16.6. The van der Waals surface area contributed by atoms with Crippen molar-refractivity contribution >= 4 is 0 Å². The number of hydrogen-bond acceptors (Lipinski definition) is 9. The first kappa shape index (κ1) is 16.8. The van der Waals surface area contributed by atoms with Gasteiger partial charge in [0.1, 0.15) is 41.9 Å². The molecule has 1 aromatic rings. The van der Waals surface area contributed by atoms with Crippen molar-refractivity contribution in [2.75, 3.05) is 19.8 Å². The lowest BCUT2D eigenvalue weighted by Gasteiger charge is -2.47. The summed E-state index contributed by atoms with van der Waals surface area (Å²) in [6.07, 6.45) is -6.24. The summed E-state index contributed by atoms with van der Waals surface area (Å²) in [5.74, 6) is 0.0576. The number of rotatable bonds is 3. The Kier molecular flexibility index (Phi) is 4.23. The SMILES string of the molecule is OCC1(O)COC([C@@]2(c3ccco3)OC[C@@H](O)[C@H](O)[C@H]2O)[C@@H]1O. The molecule has 23 heavy (non-hydrogen) atoms. The molecule has 2 fully saturated rings. The minimum atomic E-state index is -1.94. The van der Waals surface area contributed by atoms with Crippen LogP contribution in [0.3, 0.4) is 0 Å². The van der Waals surface area contributed by atoms with Gasteiger partial charge < -0.3 is 44.5 Å². The highest BCUT2D eigenvalue weighted by Gasteiger charge is 2.65. The highest BCUT2D eigenvalue weighted by Crippen LogP contribution is 2.45. The van der Waals surface area contributed by atoms with Gasteiger partial charge in [-0.05, 0) is 12.1 Å². The van der Waals surface area contributed by atoms with Crippen LogP contribution in [0.15, 0.2) is 22.8 Å². The first-order valence-corrected chi connectivity index (χ1v) is 7.22. The van der Waals surface area contributed by atoms with E-state index >= 15 is 0 Å². The van der Waals surface area contributed by atoms with E-state index in [9.17, 15) is 30.6 Å². The van der Waals surface area contributed by atoms with Gasteiger partial charge in [-0.2, -0.15) is 0 Å². The van der Waals surface area contributed by atoms with E-state index in [0.29, 0.717) is 0 Å². The smallest absolute Gasteiger partial charge is 0.182 e. The number of aliphatic hydroxyl groups is 6. The first-order valence-electron chi connectivity index (χ1n) is 7.22. The maximum Gasteiger partial charge on any atom is 0.182 e. The minimum absolute atomic E-state index is 0.0576. The molecule has 7 atom stereocenters. The van der Waals surface area contributed by atoms with Crippen LogP contribution in [0.5, 0.6) is 0 Å². The van der Waals surface area contributed by atoms with Crippen molar-refractivity contribution in [3.8, 4) is 0 Å². The van der Waals surface area contributed by atoms with Gasteiger partial charge in [-0.15, -0.1) is 0 Å². The van der Waals surface area contributed by atoms with Crippen molar-refractivity contribution in [2.24, 2.45) is 0 Å². The van der Waals surface area contributed by atoms with Crippen LogP contribution < -0.4 is 0 Å². The van der Waals surface area contributed by atoms with Crippen LogP contribution in [-0.4, -0.2) is 86.6 Å². The van der Waals surface area contributed by atoms with E-state index in [4.69, 9.17) is 13.9 Å². The summed E-state index contributed by atoms with van der Waals surface area (Å²) in [6.45, 7) is -1.50. The van der Waals surface area contributed by atoms with Crippen molar-refractivity contribution in [1.29, 1.82) is 0 Å². The zero-order chi connectivity index (χ0) is 16.8. The lowest BCUT2D eigenvalue weighted by Crippen LogP contribution is -2.66. The third-order valence-electron chi connectivity index (χ3n) is 4.60. The molecule has 0 saturated carbocycles. The molecule has 0 aromatic carbocycles. The van der Waals surface area contributed by atoms with Gasteiger partial charge in [0.25, 0.3) is 0 Å². The van der Waals surface area contributed by atoms with Crippen molar-refractivity contribution in [1.82, 2.24) is 0 Å². The highest BCUT2D eigenvalue weighted by molar-refractivity contribution is 5.22. The largest absolute Gasteiger partial charge is 0.466 e. The van der Waals surface area contributed by atoms with Crippen molar-refractivity contribution in [2.45, 2.75) is 41.7 Å². The quantitative estimate of drug-likeness (QED) is 0.341. The number of ether oxygens (including phenoxy) is 2. The van der Waals surface area contributed by atoms with Crippen molar-refractivity contribution < 1.29 is 44.5 Å². The van der Waals surface area contributed by atoms with Crippen LogP contribution in [0.4, 0.5) is 0 Å². The second-order valence-electron chi connectivity index (χ2n) is 6.02. The molecule has 3 heterocycles. The Bertz CT molecular complexity index is 534. The number of furan rings is 1. The fourth-order valence-corrected chi connectivity index (χ4v) is 3.17. The Morgan fingerprint density at radius 3 is 2.48 bits per heavy atom. The van der Waals surface area contributed by atoms with Gasteiger partial charge in [-0.25, -0.2) is 0 Å². The van der Waals surface area contributed by atoms with Crippen LogP contribution in [0.2, 0.25) is 0 Å². The molecule has 0 aliphatic carbocycles. The molecule has 9 nitrogen and oxygen atoms in total. The molecular formula is C14H20O9. The summed E-state index contributed by atoms with van der Waals surface area (Å²) in [6, 6.07) is 2.98. The third kappa shape index (κ3) is 2.32. The molecule has 1 aromatic heterocycles. The summed E-state index contributed by atoms with van der Waals surface area (Å²) >= 11 is 0. The fraction of sp³-hybridized carbons (Fsp3) is 0.714. The number of aliphatic hydroxyl groups excluding tert-OH is 5. The summed E-state index contributed by atoms with van der Waals surface area (Å²) in [7, 11) is 0. The molecule has 2 unspecified atom stereocenters. The van der Waals surface area contributed by atoms with Crippen LogP contribution >= 0.6 is 0 Å². The van der Waals surface area contributed by atoms with Gasteiger partial charge in [0, 0.05) is 0 Å². The van der Waals surface area contributed by atoms with Crippen LogP contribution in [-0.2, 0) is 15.1 Å². The molecule has 6 N–H and O–H groups in total. The normalized spacial score (nSPS) is 47.8. The minimum Gasteiger partial charge on any atom is -0.466 e. The molecule has 0 radical (unpaired) electrons. The Morgan fingerprint density at radius 2 is 1.91 bits per heavy atom. The third-order valence-corrected chi connectivity index (χ3v) is 4.60. The first-order chi connectivity index (χ1) is 10.9. The predicted octanol–water partition coefficient (Wildman–Crippen LogP) is -2.93. The van der Waals surface area contributed by atoms with Gasteiger partial charge in [-0.1, -0.05) is 0 Å². The molecule has 0 spiro atoms. The van der Waals surface area contributed by atoms with Crippen LogP contribution in [0.25, 0.3) is 0 Å². The Morgan fingerprint density at radius 1 is 1.17 bits per heavy atom. The maximum atomic E-state index is 10.5. The van der Waals surface area contributed by atoms with Crippen LogP contribution in [0.1, 0.15) is 5.76 Å². The van der Waals surface area contributed by atoms with E-state index in [2.05, 4.69) is 0 Å². The summed E-state index contributed by atoms with van der Waals surface area (Å²) in [4.78, 5) is 0. The second-order valence-corrected chi connectivity index (χ2v) is 6.02. The summed E-state index contributed by atoms with van der Waals surface area (Å²) < 4.78 is 16.2. The molecule has 9 heteroatoms. The topological polar surface area (TPSA) is 153 Å². The van der Waals surface area contributed by atoms with Crippen molar-refractivity contribution in [3.63, 3.8) is 0 Å². The van der Waals surface area contributed by atoms with Gasteiger partial charge in [-0.3, -0.25) is 0 Å². The zero-order valence-electron chi connectivity index (χ0n) is 12.1. The molecule has 3 rings (SSSR count). The molecule has 0 amide bonds.